The van der Waals surface area contributed by atoms with Gasteiger partial charge in [-0.1, -0.05) is 13.3 Å². The zero-order chi connectivity index (χ0) is 12.4. The van der Waals surface area contributed by atoms with E-state index in [-0.39, 0.29) is 0 Å². The molecule has 1 aromatic rings. The molecule has 0 saturated heterocycles. The molecule has 2 aliphatic rings. The van der Waals surface area contributed by atoms with Crippen molar-refractivity contribution >= 4 is 11.8 Å². The van der Waals surface area contributed by atoms with Crippen molar-refractivity contribution in [3.63, 3.8) is 0 Å². The third kappa shape index (κ3) is 2.42. The van der Waals surface area contributed by atoms with Crippen molar-refractivity contribution in [2.75, 3.05) is 17.2 Å². The van der Waals surface area contributed by atoms with Crippen LogP contribution in [0.1, 0.15) is 39.0 Å². The first-order chi connectivity index (χ1) is 8.85. The summed E-state index contributed by atoms with van der Waals surface area (Å²) in [6.45, 7) is 3.07. The fourth-order valence-corrected chi connectivity index (χ4v) is 3.37. The maximum atomic E-state index is 4.52. The lowest BCUT2D eigenvalue weighted by Gasteiger charge is -2.23. The summed E-state index contributed by atoms with van der Waals surface area (Å²) >= 11 is 0. The van der Waals surface area contributed by atoms with E-state index in [4.69, 9.17) is 0 Å². The van der Waals surface area contributed by atoms with Gasteiger partial charge in [-0.15, -0.1) is 0 Å². The lowest BCUT2D eigenvalue weighted by atomic mass is 9.95. The third-order valence-electron chi connectivity index (χ3n) is 4.26. The SMILES string of the molecule is CCCNc1nccc(NC2CC3CCC2C3)n1. The zero-order valence-corrected chi connectivity index (χ0v) is 11.0. The summed E-state index contributed by atoms with van der Waals surface area (Å²) < 4.78 is 0. The normalized spacial score (nSPS) is 29.5. The van der Waals surface area contributed by atoms with Gasteiger partial charge in [-0.3, -0.25) is 0 Å². The number of anilines is 2. The fourth-order valence-electron chi connectivity index (χ4n) is 3.37. The van der Waals surface area contributed by atoms with E-state index < -0.39 is 0 Å². The van der Waals surface area contributed by atoms with E-state index in [9.17, 15) is 0 Å². The van der Waals surface area contributed by atoms with Crippen molar-refractivity contribution in [2.45, 2.75) is 45.1 Å². The second-order valence-corrected chi connectivity index (χ2v) is 5.62. The van der Waals surface area contributed by atoms with Crippen LogP contribution in [0.5, 0.6) is 0 Å². The maximum absolute atomic E-state index is 4.52. The van der Waals surface area contributed by atoms with Crippen molar-refractivity contribution < 1.29 is 0 Å². The minimum atomic E-state index is 0.637. The van der Waals surface area contributed by atoms with Crippen LogP contribution in [0.3, 0.4) is 0 Å². The molecular formula is C14H22N4. The number of hydrogen-bond acceptors (Lipinski definition) is 4. The van der Waals surface area contributed by atoms with Crippen LogP contribution in [0.2, 0.25) is 0 Å². The second-order valence-electron chi connectivity index (χ2n) is 5.62. The third-order valence-corrected chi connectivity index (χ3v) is 4.26. The molecule has 3 rings (SSSR count). The van der Waals surface area contributed by atoms with Gasteiger partial charge in [-0.05, 0) is 43.6 Å². The average Bonchev–Trinajstić information content (AvgIpc) is 2.99. The molecule has 0 spiro atoms. The molecule has 2 N–H and O–H groups in total. The standard InChI is InChI=1S/C14H22N4/c1-2-6-15-14-16-7-5-13(18-14)17-12-9-10-3-4-11(12)8-10/h5,7,10-12H,2-4,6,8-9H2,1H3,(H2,15,16,17,18). The Kier molecular flexibility index (Phi) is 3.35. The summed E-state index contributed by atoms with van der Waals surface area (Å²) in [5.41, 5.74) is 0. The molecule has 1 aromatic heterocycles. The Balaban J connectivity index is 1.62. The van der Waals surface area contributed by atoms with E-state index in [0.717, 1.165) is 36.6 Å². The zero-order valence-electron chi connectivity index (χ0n) is 11.0. The van der Waals surface area contributed by atoms with E-state index in [1.165, 1.54) is 25.7 Å². The minimum absolute atomic E-state index is 0.637. The highest BCUT2D eigenvalue weighted by Crippen LogP contribution is 2.45. The summed E-state index contributed by atoms with van der Waals surface area (Å²) in [5, 5.41) is 6.83. The van der Waals surface area contributed by atoms with Crippen LogP contribution in [0, 0.1) is 11.8 Å². The summed E-state index contributed by atoms with van der Waals surface area (Å²) in [6.07, 6.45) is 8.51. The number of hydrogen-bond donors (Lipinski definition) is 2. The van der Waals surface area contributed by atoms with Gasteiger partial charge in [0.25, 0.3) is 0 Å². The highest BCUT2D eigenvalue weighted by molar-refractivity contribution is 5.40. The summed E-state index contributed by atoms with van der Waals surface area (Å²) in [7, 11) is 0. The van der Waals surface area contributed by atoms with Crippen LogP contribution < -0.4 is 10.6 Å². The highest BCUT2D eigenvalue weighted by Gasteiger charge is 2.39. The number of fused-ring (bicyclic) bond motifs is 2. The van der Waals surface area contributed by atoms with Gasteiger partial charge < -0.3 is 10.6 Å². The first-order valence-corrected chi connectivity index (χ1v) is 7.18. The molecule has 3 unspecified atom stereocenters. The first-order valence-electron chi connectivity index (χ1n) is 7.18. The van der Waals surface area contributed by atoms with Crippen molar-refractivity contribution in [3.8, 4) is 0 Å². The van der Waals surface area contributed by atoms with Gasteiger partial charge in [-0.2, -0.15) is 4.98 Å². The molecule has 2 aliphatic carbocycles. The van der Waals surface area contributed by atoms with Gasteiger partial charge in [-0.25, -0.2) is 4.98 Å². The number of nitrogens with one attached hydrogen (secondary N) is 2. The Bertz CT molecular complexity index is 407. The van der Waals surface area contributed by atoms with Crippen molar-refractivity contribution in [1.29, 1.82) is 0 Å². The summed E-state index contributed by atoms with van der Waals surface area (Å²) in [4.78, 5) is 8.76. The molecule has 0 aromatic carbocycles. The van der Waals surface area contributed by atoms with Crippen LogP contribution in [0.25, 0.3) is 0 Å². The number of aromatic nitrogens is 2. The molecule has 2 bridgehead atoms. The molecule has 1 heterocycles. The van der Waals surface area contributed by atoms with Gasteiger partial charge in [0, 0.05) is 18.8 Å². The van der Waals surface area contributed by atoms with Gasteiger partial charge in [0.1, 0.15) is 5.82 Å². The predicted octanol–water partition coefficient (Wildman–Crippen LogP) is 2.90. The largest absolute Gasteiger partial charge is 0.367 e. The van der Waals surface area contributed by atoms with Crippen LogP contribution in [-0.4, -0.2) is 22.6 Å². The highest BCUT2D eigenvalue weighted by atomic mass is 15.1. The van der Waals surface area contributed by atoms with Crippen LogP contribution >= 0.6 is 0 Å². The van der Waals surface area contributed by atoms with Crippen LogP contribution in [-0.2, 0) is 0 Å². The molecule has 0 radical (unpaired) electrons. The van der Waals surface area contributed by atoms with E-state index in [1.807, 2.05) is 12.3 Å². The average molecular weight is 246 g/mol. The Labute approximate surface area is 109 Å². The van der Waals surface area contributed by atoms with E-state index in [0.29, 0.717) is 6.04 Å². The summed E-state index contributed by atoms with van der Waals surface area (Å²) in [5.74, 6) is 3.55. The van der Waals surface area contributed by atoms with Crippen molar-refractivity contribution in [2.24, 2.45) is 11.8 Å². The van der Waals surface area contributed by atoms with Gasteiger partial charge in [0.2, 0.25) is 5.95 Å². The maximum Gasteiger partial charge on any atom is 0.224 e. The molecule has 3 atom stereocenters. The Hall–Kier alpha value is -1.32. The lowest BCUT2D eigenvalue weighted by molar-refractivity contribution is 0.439. The fraction of sp³-hybridized carbons (Fsp3) is 0.714. The Morgan fingerprint density at radius 3 is 3.00 bits per heavy atom. The van der Waals surface area contributed by atoms with Crippen LogP contribution in [0.4, 0.5) is 11.8 Å². The molecule has 4 heteroatoms. The molecule has 4 nitrogen and oxygen atoms in total. The van der Waals surface area contributed by atoms with Gasteiger partial charge in [0.05, 0.1) is 0 Å². The number of rotatable bonds is 5. The van der Waals surface area contributed by atoms with E-state index in [1.54, 1.807) is 0 Å². The van der Waals surface area contributed by atoms with E-state index in [2.05, 4.69) is 27.5 Å². The van der Waals surface area contributed by atoms with Crippen LogP contribution in [0.15, 0.2) is 12.3 Å². The summed E-state index contributed by atoms with van der Waals surface area (Å²) in [6, 6.07) is 2.61. The van der Waals surface area contributed by atoms with Crippen molar-refractivity contribution in [1.82, 2.24) is 9.97 Å². The van der Waals surface area contributed by atoms with Gasteiger partial charge in [0.15, 0.2) is 0 Å². The molecule has 2 saturated carbocycles. The first kappa shape index (κ1) is 11.8. The topological polar surface area (TPSA) is 49.8 Å². The lowest BCUT2D eigenvalue weighted by Crippen LogP contribution is -2.26. The van der Waals surface area contributed by atoms with Gasteiger partial charge >= 0.3 is 0 Å². The second kappa shape index (κ2) is 5.12. The number of nitrogens with zero attached hydrogens (tertiary/aromatic N) is 2. The Morgan fingerprint density at radius 1 is 1.33 bits per heavy atom. The Morgan fingerprint density at radius 2 is 2.28 bits per heavy atom. The molecule has 0 amide bonds. The molecular weight excluding hydrogens is 224 g/mol. The molecule has 2 fully saturated rings. The monoisotopic (exact) mass is 246 g/mol. The van der Waals surface area contributed by atoms with Crippen molar-refractivity contribution in [3.05, 3.63) is 12.3 Å². The van der Waals surface area contributed by atoms with E-state index >= 15 is 0 Å². The molecule has 18 heavy (non-hydrogen) atoms. The predicted molar refractivity (Wildman–Crippen MR) is 73.7 cm³/mol. The smallest absolute Gasteiger partial charge is 0.224 e. The molecule has 98 valence electrons. The minimum Gasteiger partial charge on any atom is -0.367 e. The molecule has 0 aliphatic heterocycles. The quantitative estimate of drug-likeness (QED) is 0.838.